The van der Waals surface area contributed by atoms with Crippen molar-refractivity contribution in [2.45, 2.75) is 27.7 Å². The highest BCUT2D eigenvalue weighted by atomic mass is 16.1. The van der Waals surface area contributed by atoms with Gasteiger partial charge in [-0.1, -0.05) is 48.0 Å². The van der Waals surface area contributed by atoms with Crippen molar-refractivity contribution in [1.82, 2.24) is 0 Å². The van der Waals surface area contributed by atoms with E-state index in [-0.39, 0.29) is 11.6 Å². The lowest BCUT2D eigenvalue weighted by Gasteiger charge is -2.14. The number of Topliss-reactive ketones (excluding diaryl/α,β-unsaturated/α-hetero) is 2. The van der Waals surface area contributed by atoms with E-state index in [2.05, 4.69) is 0 Å². The molecule has 2 aromatic rings. The minimum Gasteiger partial charge on any atom is -0.293 e. The standard InChI is InChI=1S/C19H20O2/c1-12-10-13(2)17(14(3)11-12)19(21)15(4)18(20)16-8-6-5-7-9-16/h5-11,15H,1-4H3. The topological polar surface area (TPSA) is 34.1 Å². The molecule has 0 N–H and O–H groups in total. The summed E-state index contributed by atoms with van der Waals surface area (Å²) in [5.41, 5.74) is 4.26. The number of ketones is 2. The van der Waals surface area contributed by atoms with Gasteiger partial charge in [0.25, 0.3) is 0 Å². The third-order valence-electron chi connectivity index (χ3n) is 3.77. The van der Waals surface area contributed by atoms with E-state index in [0.717, 1.165) is 16.7 Å². The fourth-order valence-electron chi connectivity index (χ4n) is 2.76. The van der Waals surface area contributed by atoms with Crippen molar-refractivity contribution in [3.63, 3.8) is 0 Å². The molecule has 1 unspecified atom stereocenters. The van der Waals surface area contributed by atoms with Gasteiger partial charge in [-0.15, -0.1) is 0 Å². The number of hydrogen-bond donors (Lipinski definition) is 0. The smallest absolute Gasteiger partial charge is 0.173 e. The minimum absolute atomic E-state index is 0.0983. The van der Waals surface area contributed by atoms with E-state index >= 15 is 0 Å². The average molecular weight is 280 g/mol. The van der Waals surface area contributed by atoms with Crippen LogP contribution >= 0.6 is 0 Å². The van der Waals surface area contributed by atoms with Crippen LogP contribution in [0.1, 0.15) is 44.3 Å². The van der Waals surface area contributed by atoms with Gasteiger partial charge in [0.05, 0.1) is 5.92 Å². The van der Waals surface area contributed by atoms with Crippen molar-refractivity contribution in [3.05, 3.63) is 70.3 Å². The Morgan fingerprint density at radius 1 is 0.857 bits per heavy atom. The number of benzene rings is 2. The Balaban J connectivity index is 2.35. The molecular formula is C19H20O2. The maximum Gasteiger partial charge on any atom is 0.173 e. The van der Waals surface area contributed by atoms with E-state index in [0.29, 0.717) is 11.1 Å². The van der Waals surface area contributed by atoms with Crippen LogP contribution in [0.25, 0.3) is 0 Å². The molecule has 0 spiro atoms. The summed E-state index contributed by atoms with van der Waals surface area (Å²) in [6, 6.07) is 13.0. The second-order valence-electron chi connectivity index (χ2n) is 5.59. The fourth-order valence-corrected chi connectivity index (χ4v) is 2.76. The molecule has 2 nitrogen and oxygen atoms in total. The molecule has 0 saturated carbocycles. The first-order valence-electron chi connectivity index (χ1n) is 7.13. The second kappa shape index (κ2) is 6.04. The van der Waals surface area contributed by atoms with Crippen LogP contribution in [-0.4, -0.2) is 11.6 Å². The van der Waals surface area contributed by atoms with Gasteiger partial charge in [-0.05, 0) is 38.8 Å². The van der Waals surface area contributed by atoms with Gasteiger partial charge in [0.1, 0.15) is 0 Å². The summed E-state index contributed by atoms with van der Waals surface area (Å²) >= 11 is 0. The van der Waals surface area contributed by atoms with E-state index in [1.165, 1.54) is 0 Å². The lowest BCUT2D eigenvalue weighted by molar-refractivity contribution is 0.0820. The summed E-state index contributed by atoms with van der Waals surface area (Å²) in [7, 11) is 0. The van der Waals surface area contributed by atoms with Crippen LogP contribution in [0.15, 0.2) is 42.5 Å². The Morgan fingerprint density at radius 3 is 1.90 bits per heavy atom. The van der Waals surface area contributed by atoms with Crippen LogP contribution < -0.4 is 0 Å². The predicted octanol–water partition coefficient (Wildman–Crippen LogP) is 4.31. The van der Waals surface area contributed by atoms with Crippen LogP contribution in [0.5, 0.6) is 0 Å². The molecule has 0 aliphatic heterocycles. The molecule has 108 valence electrons. The van der Waals surface area contributed by atoms with Crippen molar-refractivity contribution in [2.75, 3.05) is 0 Å². The highest BCUT2D eigenvalue weighted by Crippen LogP contribution is 2.22. The van der Waals surface area contributed by atoms with Crippen molar-refractivity contribution in [2.24, 2.45) is 5.92 Å². The summed E-state index contributed by atoms with van der Waals surface area (Å²) in [6.45, 7) is 7.54. The molecule has 1 atom stereocenters. The Morgan fingerprint density at radius 2 is 1.38 bits per heavy atom. The van der Waals surface area contributed by atoms with Crippen LogP contribution in [0.3, 0.4) is 0 Å². The highest BCUT2D eigenvalue weighted by molar-refractivity contribution is 6.16. The first kappa shape index (κ1) is 15.2. The molecule has 0 aromatic heterocycles. The van der Waals surface area contributed by atoms with E-state index in [1.54, 1.807) is 19.1 Å². The fraction of sp³-hybridized carbons (Fsp3) is 0.263. The molecular weight excluding hydrogens is 260 g/mol. The quantitative estimate of drug-likeness (QED) is 0.617. The maximum absolute atomic E-state index is 12.7. The van der Waals surface area contributed by atoms with Gasteiger partial charge in [0.15, 0.2) is 11.6 Å². The van der Waals surface area contributed by atoms with Gasteiger partial charge >= 0.3 is 0 Å². The number of hydrogen-bond acceptors (Lipinski definition) is 2. The first-order chi connectivity index (χ1) is 9.91. The maximum atomic E-state index is 12.7. The van der Waals surface area contributed by atoms with E-state index < -0.39 is 5.92 Å². The zero-order valence-corrected chi connectivity index (χ0v) is 12.9. The molecule has 0 aliphatic carbocycles. The average Bonchev–Trinajstić information content (AvgIpc) is 2.45. The number of carbonyl (C=O) groups excluding carboxylic acids is 2. The lowest BCUT2D eigenvalue weighted by Crippen LogP contribution is -2.23. The summed E-state index contributed by atoms with van der Waals surface area (Å²) in [4.78, 5) is 25.1. The van der Waals surface area contributed by atoms with E-state index in [1.807, 2.05) is 51.1 Å². The summed E-state index contributed by atoms with van der Waals surface area (Å²) < 4.78 is 0. The Bertz CT molecular complexity index is 661. The van der Waals surface area contributed by atoms with Crippen molar-refractivity contribution < 1.29 is 9.59 Å². The van der Waals surface area contributed by atoms with Gasteiger partial charge in [0.2, 0.25) is 0 Å². The third-order valence-corrected chi connectivity index (χ3v) is 3.77. The normalized spacial score (nSPS) is 12.0. The minimum atomic E-state index is -0.660. The van der Waals surface area contributed by atoms with Gasteiger partial charge in [-0.3, -0.25) is 9.59 Å². The molecule has 0 aliphatic rings. The molecule has 0 saturated heterocycles. The lowest BCUT2D eigenvalue weighted by atomic mass is 9.87. The molecule has 0 heterocycles. The zero-order valence-electron chi connectivity index (χ0n) is 12.9. The van der Waals surface area contributed by atoms with Gasteiger partial charge < -0.3 is 0 Å². The molecule has 0 amide bonds. The molecule has 2 heteroatoms. The van der Waals surface area contributed by atoms with Crippen LogP contribution in [-0.2, 0) is 0 Å². The van der Waals surface area contributed by atoms with Gasteiger partial charge in [0, 0.05) is 11.1 Å². The van der Waals surface area contributed by atoms with Gasteiger partial charge in [-0.25, -0.2) is 0 Å². The molecule has 0 fully saturated rings. The number of carbonyl (C=O) groups is 2. The van der Waals surface area contributed by atoms with Crippen LogP contribution in [0, 0.1) is 26.7 Å². The second-order valence-corrected chi connectivity index (χ2v) is 5.59. The SMILES string of the molecule is Cc1cc(C)c(C(=O)C(C)C(=O)c2ccccc2)c(C)c1. The van der Waals surface area contributed by atoms with E-state index in [4.69, 9.17) is 0 Å². The zero-order chi connectivity index (χ0) is 15.6. The number of aryl methyl sites for hydroxylation is 3. The van der Waals surface area contributed by atoms with Crippen molar-refractivity contribution in [1.29, 1.82) is 0 Å². The summed E-state index contributed by atoms with van der Waals surface area (Å²) in [6.07, 6.45) is 0. The number of rotatable bonds is 4. The van der Waals surface area contributed by atoms with Crippen molar-refractivity contribution >= 4 is 11.6 Å². The van der Waals surface area contributed by atoms with Crippen molar-refractivity contribution in [3.8, 4) is 0 Å². The molecule has 21 heavy (non-hydrogen) atoms. The molecule has 2 rings (SSSR count). The first-order valence-corrected chi connectivity index (χ1v) is 7.13. The summed E-state index contributed by atoms with van der Waals surface area (Å²) in [5, 5.41) is 0. The largest absolute Gasteiger partial charge is 0.293 e. The Labute approximate surface area is 125 Å². The molecule has 0 radical (unpaired) electrons. The Hall–Kier alpha value is -2.22. The monoisotopic (exact) mass is 280 g/mol. The summed E-state index contributed by atoms with van der Waals surface area (Å²) in [5.74, 6) is -0.883. The van der Waals surface area contributed by atoms with Crippen LogP contribution in [0.2, 0.25) is 0 Å². The molecule has 2 aromatic carbocycles. The predicted molar refractivity (Wildman–Crippen MR) is 84.9 cm³/mol. The molecule has 0 bridgehead atoms. The van der Waals surface area contributed by atoms with Gasteiger partial charge in [-0.2, -0.15) is 0 Å². The van der Waals surface area contributed by atoms with Crippen LogP contribution in [0.4, 0.5) is 0 Å². The Kier molecular flexibility index (Phi) is 4.37. The van der Waals surface area contributed by atoms with E-state index in [9.17, 15) is 9.59 Å². The third kappa shape index (κ3) is 3.10. The highest BCUT2D eigenvalue weighted by Gasteiger charge is 2.26.